The molecule has 11 heavy (non-hydrogen) atoms. The maximum absolute atomic E-state index is 11.0. The molecule has 0 aromatic heterocycles. The van der Waals surface area contributed by atoms with E-state index in [1.165, 1.54) is 0 Å². The van der Waals surface area contributed by atoms with Gasteiger partial charge in [0.25, 0.3) is 0 Å². The van der Waals surface area contributed by atoms with Crippen molar-refractivity contribution in [1.29, 1.82) is 0 Å². The first kappa shape index (κ1) is 9.48. The van der Waals surface area contributed by atoms with Gasteiger partial charge in [0.1, 0.15) is 4.66 Å². The molecule has 66 valence electrons. The molecule has 0 atom stereocenters. The molecule has 1 N–H and O–H groups in total. The van der Waals surface area contributed by atoms with Crippen molar-refractivity contribution in [3.63, 3.8) is 0 Å². The second kappa shape index (κ2) is 3.03. The van der Waals surface area contributed by atoms with Gasteiger partial charge in [0, 0.05) is 5.54 Å². The van der Waals surface area contributed by atoms with E-state index in [4.69, 9.17) is 0 Å². The van der Waals surface area contributed by atoms with E-state index in [9.17, 15) is 8.42 Å². The first-order valence-electron chi connectivity index (χ1n) is 3.55. The fraction of sp³-hybridized carbons (Fsp3) is 1.00. The zero-order valence-corrected chi connectivity index (χ0v) is 8.83. The average molecular weight is 242 g/mol. The lowest BCUT2D eigenvalue weighted by molar-refractivity contribution is 0.248. The van der Waals surface area contributed by atoms with Gasteiger partial charge in [0.2, 0.25) is 10.0 Å². The molecule has 1 aliphatic carbocycles. The molecule has 0 amide bonds. The SMILES string of the molecule is CC1(NS(=O)(=O)CBr)CCC1. The zero-order chi connectivity index (χ0) is 8.54. The highest BCUT2D eigenvalue weighted by molar-refractivity contribution is 9.10. The Morgan fingerprint density at radius 1 is 1.55 bits per heavy atom. The van der Waals surface area contributed by atoms with Gasteiger partial charge in [-0.3, -0.25) is 0 Å². The van der Waals surface area contributed by atoms with Crippen LogP contribution >= 0.6 is 15.9 Å². The van der Waals surface area contributed by atoms with Gasteiger partial charge in [-0.2, -0.15) is 0 Å². The van der Waals surface area contributed by atoms with Crippen LogP contribution in [0.15, 0.2) is 0 Å². The van der Waals surface area contributed by atoms with Gasteiger partial charge in [-0.25, -0.2) is 13.1 Å². The summed E-state index contributed by atoms with van der Waals surface area (Å²) in [5.41, 5.74) is -0.160. The quantitative estimate of drug-likeness (QED) is 0.756. The third kappa shape index (κ3) is 2.42. The third-order valence-corrected chi connectivity index (χ3v) is 4.90. The van der Waals surface area contributed by atoms with Crippen molar-refractivity contribution in [3.05, 3.63) is 0 Å². The van der Waals surface area contributed by atoms with Crippen LogP contribution in [-0.4, -0.2) is 18.6 Å². The van der Waals surface area contributed by atoms with Crippen molar-refractivity contribution in [3.8, 4) is 0 Å². The Labute approximate surface area is 75.7 Å². The third-order valence-electron chi connectivity index (χ3n) is 2.00. The predicted molar refractivity (Wildman–Crippen MR) is 48.1 cm³/mol. The molecule has 5 heteroatoms. The average Bonchev–Trinajstić information content (AvgIpc) is 1.84. The summed E-state index contributed by atoms with van der Waals surface area (Å²) in [5, 5.41) is 0. The molecule has 0 bridgehead atoms. The fourth-order valence-corrected chi connectivity index (χ4v) is 2.56. The van der Waals surface area contributed by atoms with Crippen LogP contribution < -0.4 is 4.72 Å². The first-order valence-corrected chi connectivity index (χ1v) is 6.32. The molecule has 0 saturated heterocycles. The number of hydrogen-bond donors (Lipinski definition) is 1. The van der Waals surface area contributed by atoms with Gasteiger partial charge in [0.05, 0.1) is 0 Å². The van der Waals surface area contributed by atoms with Crippen molar-refractivity contribution < 1.29 is 8.42 Å². The Balaban J connectivity index is 2.54. The molecule has 0 radical (unpaired) electrons. The van der Waals surface area contributed by atoms with E-state index < -0.39 is 10.0 Å². The largest absolute Gasteiger partial charge is 0.222 e. The Hall–Kier alpha value is 0.390. The van der Waals surface area contributed by atoms with Crippen LogP contribution in [0, 0.1) is 0 Å². The van der Waals surface area contributed by atoms with Crippen LogP contribution in [0.4, 0.5) is 0 Å². The van der Waals surface area contributed by atoms with E-state index in [-0.39, 0.29) is 10.2 Å². The highest BCUT2D eigenvalue weighted by Crippen LogP contribution is 2.31. The Bertz CT molecular complexity index is 233. The van der Waals surface area contributed by atoms with Gasteiger partial charge < -0.3 is 0 Å². The zero-order valence-electron chi connectivity index (χ0n) is 6.43. The normalized spacial score (nSPS) is 22.7. The lowest BCUT2D eigenvalue weighted by Crippen LogP contribution is -2.51. The molecule has 0 aromatic carbocycles. The molecule has 0 aliphatic heterocycles. The Morgan fingerprint density at radius 2 is 2.09 bits per heavy atom. The lowest BCUT2D eigenvalue weighted by Gasteiger charge is -2.38. The number of rotatable bonds is 3. The predicted octanol–water partition coefficient (Wildman–Crippen LogP) is 1.20. The van der Waals surface area contributed by atoms with Crippen molar-refractivity contribution in [2.24, 2.45) is 0 Å². The molecule has 3 nitrogen and oxygen atoms in total. The van der Waals surface area contributed by atoms with Crippen LogP contribution in [0.2, 0.25) is 0 Å². The molecule has 1 fully saturated rings. The van der Waals surface area contributed by atoms with Gasteiger partial charge >= 0.3 is 0 Å². The molecule has 0 heterocycles. The Kier molecular flexibility index (Phi) is 2.61. The summed E-state index contributed by atoms with van der Waals surface area (Å²) in [6.07, 6.45) is 3.04. The molecule has 1 rings (SSSR count). The van der Waals surface area contributed by atoms with E-state index >= 15 is 0 Å². The topological polar surface area (TPSA) is 46.2 Å². The standard InChI is InChI=1S/C6H12BrNO2S/c1-6(3-2-4-6)8-11(9,10)5-7/h8H,2-5H2,1H3. The van der Waals surface area contributed by atoms with Gasteiger partial charge in [0.15, 0.2) is 0 Å². The minimum atomic E-state index is -3.07. The van der Waals surface area contributed by atoms with E-state index in [1.54, 1.807) is 0 Å². The summed E-state index contributed by atoms with van der Waals surface area (Å²) in [7, 11) is -3.07. The minimum Gasteiger partial charge on any atom is -0.212 e. The van der Waals surface area contributed by atoms with E-state index in [1.807, 2.05) is 6.92 Å². The summed E-state index contributed by atoms with van der Waals surface area (Å²) < 4.78 is 24.7. The molecule has 1 aliphatic rings. The number of nitrogens with one attached hydrogen (secondary N) is 1. The van der Waals surface area contributed by atoms with Gasteiger partial charge in [-0.15, -0.1) is 0 Å². The minimum absolute atomic E-state index is 0.00438. The second-order valence-corrected chi connectivity index (χ2v) is 6.27. The van der Waals surface area contributed by atoms with Crippen molar-refractivity contribution in [2.45, 2.75) is 31.7 Å². The Morgan fingerprint density at radius 3 is 2.36 bits per heavy atom. The maximum Gasteiger partial charge on any atom is 0.222 e. The van der Waals surface area contributed by atoms with Crippen LogP contribution in [0.5, 0.6) is 0 Å². The smallest absolute Gasteiger partial charge is 0.212 e. The summed E-state index contributed by atoms with van der Waals surface area (Å²) in [6, 6.07) is 0. The first-order chi connectivity index (χ1) is 4.97. The second-order valence-electron chi connectivity index (χ2n) is 3.24. The molecule has 0 spiro atoms. The van der Waals surface area contributed by atoms with Crippen LogP contribution in [0.3, 0.4) is 0 Å². The van der Waals surface area contributed by atoms with Crippen LogP contribution in [0.25, 0.3) is 0 Å². The summed E-state index contributed by atoms with van der Waals surface area (Å²) in [4.78, 5) is 0. The van der Waals surface area contributed by atoms with Crippen LogP contribution in [-0.2, 0) is 10.0 Å². The van der Waals surface area contributed by atoms with Gasteiger partial charge in [-0.05, 0) is 26.2 Å². The maximum atomic E-state index is 11.0. The molecule has 0 aromatic rings. The van der Waals surface area contributed by atoms with Crippen molar-refractivity contribution in [1.82, 2.24) is 4.72 Å². The molecular weight excluding hydrogens is 230 g/mol. The van der Waals surface area contributed by atoms with Crippen molar-refractivity contribution in [2.75, 3.05) is 4.66 Å². The summed E-state index contributed by atoms with van der Waals surface area (Å²) in [5.74, 6) is 0. The molecule has 0 unspecified atom stereocenters. The molecular formula is C6H12BrNO2S. The summed E-state index contributed by atoms with van der Waals surface area (Å²) >= 11 is 2.93. The monoisotopic (exact) mass is 241 g/mol. The highest BCUT2D eigenvalue weighted by atomic mass is 79.9. The molecule has 1 saturated carbocycles. The summed E-state index contributed by atoms with van der Waals surface area (Å²) in [6.45, 7) is 1.94. The lowest BCUT2D eigenvalue weighted by atomic mass is 9.80. The number of halogens is 1. The number of hydrogen-bond acceptors (Lipinski definition) is 2. The highest BCUT2D eigenvalue weighted by Gasteiger charge is 2.34. The number of alkyl halides is 1. The van der Waals surface area contributed by atoms with Crippen molar-refractivity contribution >= 4 is 26.0 Å². The number of sulfonamides is 1. The van der Waals surface area contributed by atoms with E-state index in [0.717, 1.165) is 19.3 Å². The van der Waals surface area contributed by atoms with E-state index in [2.05, 4.69) is 20.7 Å². The van der Waals surface area contributed by atoms with Crippen LogP contribution in [0.1, 0.15) is 26.2 Å². The fourth-order valence-electron chi connectivity index (χ4n) is 1.21. The van der Waals surface area contributed by atoms with E-state index in [0.29, 0.717) is 0 Å². The van der Waals surface area contributed by atoms with Gasteiger partial charge in [-0.1, -0.05) is 15.9 Å².